The van der Waals surface area contributed by atoms with Crippen LogP contribution in [0.1, 0.15) is 39.5 Å². The second-order valence-electron chi connectivity index (χ2n) is 5.82. The number of nitrogens with one attached hydrogen (secondary N) is 1. The average Bonchev–Trinajstić information content (AvgIpc) is 2.95. The number of nitrogens with zero attached hydrogens (tertiary/aromatic N) is 1. The lowest BCUT2D eigenvalue weighted by Gasteiger charge is -2.18. The number of Topliss-reactive ketones (excluding diaryl/α,β-unsaturated/α-hetero) is 1. The lowest BCUT2D eigenvalue weighted by atomic mass is 9.96. The van der Waals surface area contributed by atoms with Gasteiger partial charge in [0.05, 0.1) is 6.04 Å². The third-order valence-corrected chi connectivity index (χ3v) is 5.89. The predicted octanol–water partition coefficient (Wildman–Crippen LogP) is 1.74. The molecular formula is C13H18N2O2S. The highest BCUT2D eigenvalue weighted by Crippen LogP contribution is 2.46. The van der Waals surface area contributed by atoms with Crippen LogP contribution >= 0.6 is 11.8 Å². The number of carbonyl (C=O) groups is 2. The second-order valence-corrected chi connectivity index (χ2v) is 7.23. The van der Waals surface area contributed by atoms with Gasteiger partial charge in [-0.1, -0.05) is 18.2 Å². The van der Waals surface area contributed by atoms with Gasteiger partial charge in [0.1, 0.15) is 0 Å². The van der Waals surface area contributed by atoms with Gasteiger partial charge in [-0.2, -0.15) is 0 Å². The molecule has 4 atom stereocenters. The molecule has 3 aliphatic rings. The fraction of sp³-hybridized carbons (Fsp3) is 0.769. The molecule has 1 heterocycles. The van der Waals surface area contributed by atoms with Crippen molar-refractivity contribution in [1.29, 1.82) is 0 Å². The SMILES string of the molecule is CC(=O)C1(C)SC(=NC2CC3CC[C@H]2C3)NC1=O. The van der Waals surface area contributed by atoms with Gasteiger partial charge in [0.25, 0.3) is 0 Å². The van der Waals surface area contributed by atoms with Crippen LogP contribution in [0.3, 0.4) is 0 Å². The van der Waals surface area contributed by atoms with Crippen molar-refractivity contribution < 1.29 is 9.59 Å². The van der Waals surface area contributed by atoms with E-state index in [1.807, 2.05) is 0 Å². The quantitative estimate of drug-likeness (QED) is 0.775. The van der Waals surface area contributed by atoms with Crippen molar-refractivity contribution in [3.63, 3.8) is 0 Å². The number of amidine groups is 1. The number of carbonyl (C=O) groups excluding carboxylic acids is 2. The molecule has 0 radical (unpaired) electrons. The van der Waals surface area contributed by atoms with Crippen molar-refractivity contribution in [2.45, 2.75) is 50.3 Å². The van der Waals surface area contributed by atoms with E-state index in [0.29, 0.717) is 17.1 Å². The number of hydrogen-bond acceptors (Lipinski definition) is 4. The van der Waals surface area contributed by atoms with E-state index in [4.69, 9.17) is 0 Å². The molecule has 1 amide bonds. The largest absolute Gasteiger partial charge is 0.304 e. The molecule has 2 saturated carbocycles. The number of hydrogen-bond donors (Lipinski definition) is 1. The van der Waals surface area contributed by atoms with Gasteiger partial charge in [-0.3, -0.25) is 14.6 Å². The van der Waals surface area contributed by atoms with Gasteiger partial charge >= 0.3 is 0 Å². The predicted molar refractivity (Wildman–Crippen MR) is 71.5 cm³/mol. The van der Waals surface area contributed by atoms with Gasteiger partial charge in [0, 0.05) is 0 Å². The van der Waals surface area contributed by atoms with E-state index in [1.54, 1.807) is 6.92 Å². The molecule has 1 N–H and O–H groups in total. The Balaban J connectivity index is 1.75. The fourth-order valence-corrected chi connectivity index (χ4v) is 4.30. The van der Waals surface area contributed by atoms with Gasteiger partial charge in [-0.05, 0) is 44.9 Å². The van der Waals surface area contributed by atoms with E-state index in [0.717, 1.165) is 12.3 Å². The third-order valence-electron chi connectivity index (χ3n) is 4.61. The minimum Gasteiger partial charge on any atom is -0.304 e. The van der Waals surface area contributed by atoms with E-state index in [9.17, 15) is 9.59 Å². The van der Waals surface area contributed by atoms with Crippen LogP contribution in [-0.2, 0) is 9.59 Å². The van der Waals surface area contributed by atoms with Crippen molar-refractivity contribution in [1.82, 2.24) is 5.32 Å². The first kappa shape index (κ1) is 12.2. The third kappa shape index (κ3) is 1.79. The van der Waals surface area contributed by atoms with E-state index >= 15 is 0 Å². The van der Waals surface area contributed by atoms with Crippen molar-refractivity contribution in [2.24, 2.45) is 16.8 Å². The Morgan fingerprint density at radius 1 is 1.44 bits per heavy atom. The van der Waals surface area contributed by atoms with Crippen molar-refractivity contribution in [3.05, 3.63) is 0 Å². The van der Waals surface area contributed by atoms with E-state index in [-0.39, 0.29) is 11.7 Å². The summed E-state index contributed by atoms with van der Waals surface area (Å²) in [5.41, 5.74) is 0. The standard InChI is InChI=1S/C13H18N2O2S/c1-7(16)13(2)11(17)15-12(18-13)14-10-6-8-3-4-9(10)5-8/h8-10H,3-6H2,1-2H3,(H,14,15,17)/t8?,9-,10?,13?/m0/s1. The van der Waals surface area contributed by atoms with E-state index < -0.39 is 4.75 Å². The Bertz CT molecular complexity index is 448. The molecule has 98 valence electrons. The molecule has 0 aromatic heterocycles. The average molecular weight is 266 g/mol. The van der Waals surface area contributed by atoms with Crippen LogP contribution < -0.4 is 5.32 Å². The maximum Gasteiger partial charge on any atom is 0.249 e. The molecule has 1 aliphatic heterocycles. The minimum atomic E-state index is -0.976. The van der Waals surface area contributed by atoms with E-state index in [1.165, 1.54) is 37.9 Å². The number of rotatable bonds is 2. The second kappa shape index (κ2) is 4.08. The number of amides is 1. The smallest absolute Gasteiger partial charge is 0.249 e. The van der Waals surface area contributed by atoms with E-state index in [2.05, 4.69) is 10.3 Å². The maximum atomic E-state index is 11.8. The Morgan fingerprint density at radius 3 is 2.72 bits per heavy atom. The molecule has 0 spiro atoms. The zero-order chi connectivity index (χ0) is 12.9. The summed E-state index contributed by atoms with van der Waals surface area (Å²) >= 11 is 1.28. The van der Waals surface area contributed by atoms with Gasteiger partial charge in [-0.15, -0.1) is 0 Å². The summed E-state index contributed by atoms with van der Waals surface area (Å²) in [6, 6.07) is 0.362. The van der Waals surface area contributed by atoms with Crippen LogP contribution in [0, 0.1) is 11.8 Å². The molecule has 3 rings (SSSR count). The molecule has 0 aromatic carbocycles. The summed E-state index contributed by atoms with van der Waals surface area (Å²) < 4.78 is -0.976. The summed E-state index contributed by atoms with van der Waals surface area (Å²) in [5, 5.41) is 3.41. The molecule has 1 saturated heterocycles. The van der Waals surface area contributed by atoms with Crippen LogP contribution in [0.2, 0.25) is 0 Å². The van der Waals surface area contributed by atoms with Crippen molar-refractivity contribution >= 4 is 28.6 Å². The van der Waals surface area contributed by atoms with Gasteiger partial charge in [0.15, 0.2) is 15.7 Å². The summed E-state index contributed by atoms with van der Waals surface area (Å²) in [5.74, 6) is 1.21. The van der Waals surface area contributed by atoms with Gasteiger partial charge in [0.2, 0.25) is 5.91 Å². The highest BCUT2D eigenvalue weighted by Gasteiger charge is 2.47. The Labute approximate surface area is 111 Å². The highest BCUT2D eigenvalue weighted by molar-refractivity contribution is 8.17. The van der Waals surface area contributed by atoms with Crippen LogP contribution in [0.5, 0.6) is 0 Å². The molecule has 18 heavy (non-hydrogen) atoms. The van der Waals surface area contributed by atoms with Crippen LogP contribution in [0.25, 0.3) is 0 Å². The molecule has 3 unspecified atom stereocenters. The minimum absolute atomic E-state index is 0.108. The highest BCUT2D eigenvalue weighted by atomic mass is 32.2. The van der Waals surface area contributed by atoms with Gasteiger partial charge in [-0.25, -0.2) is 0 Å². The topological polar surface area (TPSA) is 58.5 Å². The lowest BCUT2D eigenvalue weighted by Crippen LogP contribution is -2.39. The summed E-state index contributed by atoms with van der Waals surface area (Å²) in [6.45, 7) is 3.14. The van der Waals surface area contributed by atoms with Crippen molar-refractivity contribution in [3.8, 4) is 0 Å². The molecule has 2 bridgehead atoms. The number of fused-ring (bicyclic) bond motifs is 2. The Hall–Kier alpha value is -0.840. The Morgan fingerprint density at radius 2 is 2.22 bits per heavy atom. The zero-order valence-corrected chi connectivity index (χ0v) is 11.5. The molecular weight excluding hydrogens is 248 g/mol. The molecule has 5 heteroatoms. The fourth-order valence-electron chi connectivity index (χ4n) is 3.29. The first-order valence-electron chi connectivity index (χ1n) is 6.58. The normalized spacial score (nSPS) is 44.7. The van der Waals surface area contributed by atoms with Crippen LogP contribution in [0.4, 0.5) is 0 Å². The van der Waals surface area contributed by atoms with Crippen LogP contribution in [-0.4, -0.2) is 27.6 Å². The molecule has 3 fully saturated rings. The van der Waals surface area contributed by atoms with Crippen LogP contribution in [0.15, 0.2) is 4.99 Å². The van der Waals surface area contributed by atoms with Crippen molar-refractivity contribution in [2.75, 3.05) is 0 Å². The first-order chi connectivity index (χ1) is 8.49. The summed E-state index contributed by atoms with van der Waals surface area (Å²) in [4.78, 5) is 28.1. The number of ketones is 1. The first-order valence-corrected chi connectivity index (χ1v) is 7.40. The lowest BCUT2D eigenvalue weighted by molar-refractivity contribution is -0.128. The molecule has 4 nitrogen and oxygen atoms in total. The zero-order valence-electron chi connectivity index (χ0n) is 10.7. The Kier molecular flexibility index (Phi) is 2.77. The molecule has 0 aromatic rings. The monoisotopic (exact) mass is 266 g/mol. The maximum absolute atomic E-state index is 11.8. The summed E-state index contributed by atoms with van der Waals surface area (Å²) in [6.07, 6.45) is 5.07. The molecule has 2 aliphatic carbocycles. The number of thioether (sulfide) groups is 1. The summed E-state index contributed by atoms with van der Waals surface area (Å²) in [7, 11) is 0. The van der Waals surface area contributed by atoms with Gasteiger partial charge < -0.3 is 5.32 Å². The number of aliphatic imine (C=N–C) groups is 1.